The Morgan fingerprint density at radius 2 is 1.88 bits per heavy atom. The molecule has 0 bridgehead atoms. The van der Waals surface area contributed by atoms with Crippen molar-refractivity contribution in [3.63, 3.8) is 0 Å². The van der Waals surface area contributed by atoms with Crippen molar-refractivity contribution in [2.24, 2.45) is 11.8 Å². The molecule has 7 nitrogen and oxygen atoms in total. The van der Waals surface area contributed by atoms with Gasteiger partial charge in [0.15, 0.2) is 0 Å². The lowest BCUT2D eigenvalue weighted by Crippen LogP contribution is -2.35. The van der Waals surface area contributed by atoms with E-state index in [2.05, 4.69) is 44.1 Å². The van der Waals surface area contributed by atoms with Crippen molar-refractivity contribution in [3.8, 4) is 0 Å². The second-order valence-electron chi connectivity index (χ2n) is 9.92. The number of aryl methyl sites for hydroxylation is 1. The first-order valence-electron chi connectivity index (χ1n) is 12.6. The number of aromatic nitrogens is 2. The van der Waals surface area contributed by atoms with Gasteiger partial charge in [0.05, 0.1) is 0 Å². The summed E-state index contributed by atoms with van der Waals surface area (Å²) in [6.45, 7) is 10.6. The van der Waals surface area contributed by atoms with Crippen molar-refractivity contribution < 1.29 is 9.59 Å². The van der Waals surface area contributed by atoms with Gasteiger partial charge in [-0.2, -0.15) is 0 Å². The Morgan fingerprint density at radius 1 is 1.12 bits per heavy atom. The summed E-state index contributed by atoms with van der Waals surface area (Å²) in [4.78, 5) is 37.9. The molecule has 0 spiro atoms. The number of anilines is 2. The van der Waals surface area contributed by atoms with Crippen LogP contribution in [-0.4, -0.2) is 52.7 Å². The van der Waals surface area contributed by atoms with E-state index in [9.17, 15) is 9.59 Å². The van der Waals surface area contributed by atoms with Gasteiger partial charge in [-0.25, -0.2) is 9.97 Å². The Bertz CT molecular complexity index is 1010. The Morgan fingerprint density at radius 3 is 2.53 bits per heavy atom. The van der Waals surface area contributed by atoms with Crippen LogP contribution in [-0.2, 0) is 11.3 Å². The van der Waals surface area contributed by atoms with E-state index in [0.717, 1.165) is 75.0 Å². The molecule has 0 unspecified atom stereocenters. The molecule has 0 atom stereocenters. The lowest BCUT2D eigenvalue weighted by Gasteiger charge is -2.30. The molecule has 1 saturated heterocycles. The van der Waals surface area contributed by atoms with Crippen LogP contribution in [0.1, 0.15) is 67.6 Å². The molecule has 2 fully saturated rings. The first-order valence-corrected chi connectivity index (χ1v) is 12.6. The Balaban J connectivity index is 1.37. The summed E-state index contributed by atoms with van der Waals surface area (Å²) >= 11 is 0. The van der Waals surface area contributed by atoms with Crippen molar-refractivity contribution in [3.05, 3.63) is 47.4 Å². The topological polar surface area (TPSA) is 78.4 Å². The summed E-state index contributed by atoms with van der Waals surface area (Å²) in [6, 6.07) is 7.99. The summed E-state index contributed by atoms with van der Waals surface area (Å²) in [5, 5.41) is 3.03. The number of rotatable bonds is 10. The number of nitrogens with zero attached hydrogens (tertiary/aromatic N) is 4. The van der Waals surface area contributed by atoms with Gasteiger partial charge in [0.1, 0.15) is 23.6 Å². The maximum absolute atomic E-state index is 13.0. The molecule has 182 valence electrons. The number of ketones is 1. The third kappa shape index (κ3) is 6.41. The van der Waals surface area contributed by atoms with E-state index in [1.165, 1.54) is 24.7 Å². The normalized spacial score (nSPS) is 16.9. The lowest BCUT2D eigenvalue weighted by atomic mass is 9.93. The van der Waals surface area contributed by atoms with Gasteiger partial charge in [0.25, 0.3) is 5.91 Å². The fourth-order valence-electron chi connectivity index (χ4n) is 4.73. The van der Waals surface area contributed by atoms with E-state index >= 15 is 0 Å². The largest absolute Gasteiger partial charge is 0.356 e. The third-order valence-electron chi connectivity index (χ3n) is 6.99. The molecule has 1 aromatic heterocycles. The molecule has 4 rings (SSSR count). The van der Waals surface area contributed by atoms with Crippen LogP contribution in [0.4, 0.5) is 11.5 Å². The second kappa shape index (κ2) is 11.1. The molecule has 2 aromatic rings. The number of hydrogen-bond acceptors (Lipinski definition) is 6. The minimum absolute atomic E-state index is 0.214. The smallest absolute Gasteiger partial charge is 0.274 e. The van der Waals surface area contributed by atoms with Crippen LogP contribution in [0, 0.1) is 18.8 Å². The Kier molecular flexibility index (Phi) is 7.93. The summed E-state index contributed by atoms with van der Waals surface area (Å²) < 4.78 is 0. The van der Waals surface area contributed by atoms with Crippen LogP contribution in [0.15, 0.2) is 30.6 Å². The summed E-state index contributed by atoms with van der Waals surface area (Å²) in [7, 11) is 0. The lowest BCUT2D eigenvalue weighted by molar-refractivity contribution is -0.122. The van der Waals surface area contributed by atoms with Crippen LogP contribution in [0.2, 0.25) is 0 Å². The van der Waals surface area contributed by atoms with Crippen LogP contribution in [0.5, 0.6) is 0 Å². The third-order valence-corrected chi connectivity index (χ3v) is 6.99. The van der Waals surface area contributed by atoms with Gasteiger partial charge in [-0.1, -0.05) is 19.1 Å². The number of amides is 1. The molecule has 1 saturated carbocycles. The van der Waals surface area contributed by atoms with Gasteiger partial charge in [-0.15, -0.1) is 0 Å². The van der Waals surface area contributed by atoms with E-state index in [1.54, 1.807) is 6.92 Å². The van der Waals surface area contributed by atoms with Crippen molar-refractivity contribution in [1.29, 1.82) is 0 Å². The molecule has 7 heteroatoms. The average molecular weight is 464 g/mol. The van der Waals surface area contributed by atoms with E-state index in [1.807, 2.05) is 19.1 Å². The zero-order chi connectivity index (χ0) is 24.1. The number of benzene rings is 1. The molecule has 1 amide bonds. The molecular weight excluding hydrogens is 426 g/mol. The number of carbonyl (C=O) groups excluding carboxylic acids is 2. The van der Waals surface area contributed by atoms with Gasteiger partial charge in [-0.05, 0) is 82.2 Å². The van der Waals surface area contributed by atoms with Gasteiger partial charge >= 0.3 is 0 Å². The highest BCUT2D eigenvalue weighted by atomic mass is 16.2. The number of likely N-dealkylation sites (tertiary alicyclic amines) is 1. The summed E-state index contributed by atoms with van der Waals surface area (Å²) in [5.41, 5.74) is 3.43. The SMILES string of the molecule is CCCN(CC1CC1)c1cc(C(=O)Nc2ccc(CN3CCC(C(C)=O)CC3)cc2C)ncn1. The standard InChI is InChI=1S/C27H37N5O2/c1-4-11-32(17-21-5-6-21)26-15-25(28-18-29-26)27(34)30-24-8-7-22(14-19(24)2)16-31-12-9-23(10-13-31)20(3)33/h7-8,14-15,18,21,23H,4-6,9-13,16-17H2,1-3H3,(H,30,34). The van der Waals surface area contributed by atoms with Crippen molar-refractivity contribution in [2.45, 2.75) is 59.4 Å². The van der Waals surface area contributed by atoms with Crippen LogP contribution >= 0.6 is 0 Å². The van der Waals surface area contributed by atoms with Crippen molar-refractivity contribution in [2.75, 3.05) is 36.4 Å². The summed E-state index contributed by atoms with van der Waals surface area (Å²) in [6.07, 6.45) is 6.98. The van der Waals surface area contributed by atoms with Gasteiger partial charge < -0.3 is 10.2 Å². The Labute approximate surface area is 203 Å². The fourth-order valence-corrected chi connectivity index (χ4v) is 4.73. The molecule has 1 aromatic carbocycles. The minimum Gasteiger partial charge on any atom is -0.356 e. The number of piperidine rings is 1. The maximum atomic E-state index is 13.0. The van der Waals surface area contributed by atoms with Gasteiger partial charge in [0.2, 0.25) is 0 Å². The highest BCUT2D eigenvalue weighted by molar-refractivity contribution is 6.03. The number of carbonyl (C=O) groups is 2. The van der Waals surface area contributed by atoms with E-state index < -0.39 is 0 Å². The maximum Gasteiger partial charge on any atom is 0.274 e. The number of hydrogen-bond donors (Lipinski definition) is 1. The molecule has 2 heterocycles. The number of nitrogens with one attached hydrogen (secondary N) is 1. The van der Waals surface area contributed by atoms with Gasteiger partial charge in [0, 0.05) is 37.3 Å². The van der Waals surface area contributed by atoms with Crippen LogP contribution in [0.25, 0.3) is 0 Å². The van der Waals surface area contributed by atoms with Gasteiger partial charge in [-0.3, -0.25) is 14.5 Å². The predicted octanol–water partition coefficient (Wildman–Crippen LogP) is 4.46. The molecule has 1 aliphatic carbocycles. The average Bonchev–Trinajstić information content (AvgIpc) is 3.65. The first kappa shape index (κ1) is 24.3. The zero-order valence-electron chi connectivity index (χ0n) is 20.7. The van der Waals surface area contributed by atoms with Crippen LogP contribution in [0.3, 0.4) is 0 Å². The highest BCUT2D eigenvalue weighted by Gasteiger charge is 2.25. The van der Waals surface area contributed by atoms with Crippen molar-refractivity contribution in [1.82, 2.24) is 14.9 Å². The fraction of sp³-hybridized carbons (Fsp3) is 0.556. The molecular formula is C27H37N5O2. The molecule has 1 aliphatic heterocycles. The molecule has 0 radical (unpaired) electrons. The molecule has 2 aliphatic rings. The quantitative estimate of drug-likeness (QED) is 0.560. The number of Topliss-reactive ketones (excluding diaryl/α,β-unsaturated/α-hetero) is 1. The Hall–Kier alpha value is -2.80. The van der Waals surface area contributed by atoms with E-state index in [4.69, 9.17) is 0 Å². The van der Waals surface area contributed by atoms with Crippen molar-refractivity contribution >= 4 is 23.2 Å². The zero-order valence-corrected chi connectivity index (χ0v) is 20.7. The van der Waals surface area contributed by atoms with E-state index in [0.29, 0.717) is 11.5 Å². The monoisotopic (exact) mass is 463 g/mol. The first-order chi connectivity index (χ1) is 16.4. The van der Waals surface area contributed by atoms with Crippen LogP contribution < -0.4 is 10.2 Å². The minimum atomic E-state index is -0.214. The molecule has 34 heavy (non-hydrogen) atoms. The summed E-state index contributed by atoms with van der Waals surface area (Å²) in [5.74, 6) is 1.90. The highest BCUT2D eigenvalue weighted by Crippen LogP contribution is 2.31. The second-order valence-corrected chi connectivity index (χ2v) is 9.92. The van der Waals surface area contributed by atoms with E-state index in [-0.39, 0.29) is 11.8 Å². The predicted molar refractivity (Wildman–Crippen MR) is 135 cm³/mol. The molecule has 1 N–H and O–H groups in total.